The van der Waals surface area contributed by atoms with E-state index in [-0.39, 0.29) is 17.2 Å². The Labute approximate surface area is 157 Å². The molecule has 1 aliphatic heterocycles. The molecule has 1 fully saturated rings. The lowest BCUT2D eigenvalue weighted by Crippen LogP contribution is -2.35. The van der Waals surface area contributed by atoms with Crippen LogP contribution in [0.2, 0.25) is 0 Å². The number of nitrogens with one attached hydrogen (secondary N) is 2. The minimum atomic E-state index is -3.50. The average Bonchev–Trinajstić information content (AvgIpc) is 3.22. The predicted octanol–water partition coefficient (Wildman–Crippen LogP) is 1.82. The first-order valence-electron chi connectivity index (χ1n) is 8.68. The number of nitrogens with zero attached hydrogens (tertiary/aromatic N) is 1. The van der Waals surface area contributed by atoms with Gasteiger partial charge in [-0.25, -0.2) is 8.42 Å². The van der Waals surface area contributed by atoms with Gasteiger partial charge in [-0.05, 0) is 49.2 Å². The van der Waals surface area contributed by atoms with Crippen LogP contribution in [0.25, 0.3) is 0 Å². The zero-order valence-corrected chi connectivity index (χ0v) is 15.5. The number of sulfonamides is 1. The first-order valence-corrected chi connectivity index (χ1v) is 10.1. The van der Waals surface area contributed by atoms with Crippen LogP contribution < -0.4 is 10.6 Å². The highest BCUT2D eigenvalue weighted by molar-refractivity contribution is 7.89. The van der Waals surface area contributed by atoms with E-state index in [0.717, 1.165) is 19.3 Å². The fourth-order valence-electron chi connectivity index (χ4n) is 2.83. The van der Waals surface area contributed by atoms with Crippen molar-refractivity contribution >= 4 is 27.5 Å². The summed E-state index contributed by atoms with van der Waals surface area (Å²) in [4.78, 5) is 23.8. The lowest BCUT2D eigenvalue weighted by atomic mass is 10.2. The molecular weight excluding hydrogens is 370 g/mol. The Kier molecular flexibility index (Phi) is 5.92. The van der Waals surface area contributed by atoms with Crippen LogP contribution >= 0.6 is 0 Å². The van der Waals surface area contributed by atoms with Gasteiger partial charge < -0.3 is 15.1 Å². The van der Waals surface area contributed by atoms with Gasteiger partial charge in [0, 0.05) is 18.8 Å². The summed E-state index contributed by atoms with van der Waals surface area (Å²) in [6.07, 6.45) is 4.16. The lowest BCUT2D eigenvalue weighted by Gasteiger charge is -2.25. The Balaban J connectivity index is 1.55. The number of hydrogen-bond donors (Lipinski definition) is 2. The third-order valence-corrected chi connectivity index (χ3v) is 6.16. The van der Waals surface area contributed by atoms with Crippen molar-refractivity contribution < 1.29 is 22.4 Å². The Morgan fingerprint density at radius 3 is 2.37 bits per heavy atom. The first-order chi connectivity index (χ1) is 13.0. The van der Waals surface area contributed by atoms with Crippen molar-refractivity contribution in [2.45, 2.75) is 24.2 Å². The maximum absolute atomic E-state index is 12.6. The molecule has 3 rings (SSSR count). The second kappa shape index (κ2) is 8.36. The zero-order valence-electron chi connectivity index (χ0n) is 14.7. The average molecular weight is 391 g/mol. The molecule has 9 heteroatoms. The van der Waals surface area contributed by atoms with Crippen LogP contribution in [0.4, 0.5) is 5.69 Å². The summed E-state index contributed by atoms with van der Waals surface area (Å²) in [7, 11) is -3.50. The molecule has 2 heterocycles. The maximum atomic E-state index is 12.6. The lowest BCUT2D eigenvalue weighted by molar-refractivity contribution is -0.115. The summed E-state index contributed by atoms with van der Waals surface area (Å²) in [6, 6.07) is 9.08. The van der Waals surface area contributed by atoms with Crippen molar-refractivity contribution in [2.75, 3.05) is 25.0 Å². The summed E-state index contributed by atoms with van der Waals surface area (Å²) >= 11 is 0. The Morgan fingerprint density at radius 1 is 1.04 bits per heavy atom. The molecule has 0 saturated carbocycles. The van der Waals surface area contributed by atoms with Crippen LogP contribution in [0, 0.1) is 0 Å². The molecule has 27 heavy (non-hydrogen) atoms. The van der Waals surface area contributed by atoms with Crippen molar-refractivity contribution in [3.05, 3.63) is 48.4 Å². The van der Waals surface area contributed by atoms with E-state index in [4.69, 9.17) is 4.42 Å². The summed E-state index contributed by atoms with van der Waals surface area (Å²) in [6.45, 7) is 0.847. The van der Waals surface area contributed by atoms with Crippen molar-refractivity contribution in [1.82, 2.24) is 9.62 Å². The van der Waals surface area contributed by atoms with E-state index in [1.54, 1.807) is 6.07 Å². The number of rotatable bonds is 6. The summed E-state index contributed by atoms with van der Waals surface area (Å²) < 4.78 is 31.6. The van der Waals surface area contributed by atoms with Gasteiger partial charge in [-0.3, -0.25) is 9.59 Å². The number of carbonyl (C=O) groups excluding carboxylic acids is 2. The van der Waals surface area contributed by atoms with Gasteiger partial charge in [0.15, 0.2) is 5.76 Å². The van der Waals surface area contributed by atoms with Crippen molar-refractivity contribution in [2.24, 2.45) is 0 Å². The number of benzene rings is 1. The van der Waals surface area contributed by atoms with Crippen LogP contribution in [0.5, 0.6) is 0 Å². The SMILES string of the molecule is O=C(CNC(=O)c1ccco1)Nc1ccc(S(=O)(=O)N2CCCCC2)cc1. The molecule has 1 aromatic heterocycles. The molecule has 1 aliphatic rings. The molecule has 0 bridgehead atoms. The Bertz CT molecular complexity index is 886. The quantitative estimate of drug-likeness (QED) is 0.781. The molecule has 2 N–H and O–H groups in total. The largest absolute Gasteiger partial charge is 0.459 e. The number of anilines is 1. The molecule has 0 radical (unpaired) electrons. The monoisotopic (exact) mass is 391 g/mol. The third kappa shape index (κ3) is 4.75. The number of carbonyl (C=O) groups is 2. The van der Waals surface area contributed by atoms with Gasteiger partial charge in [0.1, 0.15) is 0 Å². The van der Waals surface area contributed by atoms with Gasteiger partial charge in [-0.15, -0.1) is 0 Å². The van der Waals surface area contributed by atoms with Gasteiger partial charge in [-0.2, -0.15) is 4.31 Å². The molecule has 0 spiro atoms. The molecular formula is C18H21N3O5S. The fourth-order valence-corrected chi connectivity index (χ4v) is 4.34. The molecule has 0 unspecified atom stereocenters. The molecule has 0 aliphatic carbocycles. The molecule has 1 aromatic carbocycles. The number of piperidine rings is 1. The van der Waals surface area contributed by atoms with Crippen LogP contribution in [-0.4, -0.2) is 44.2 Å². The third-order valence-electron chi connectivity index (χ3n) is 4.25. The van der Waals surface area contributed by atoms with E-state index >= 15 is 0 Å². The highest BCUT2D eigenvalue weighted by Crippen LogP contribution is 2.21. The van der Waals surface area contributed by atoms with Crippen molar-refractivity contribution in [3.8, 4) is 0 Å². The van der Waals surface area contributed by atoms with Crippen LogP contribution in [-0.2, 0) is 14.8 Å². The summed E-state index contributed by atoms with van der Waals surface area (Å²) in [5.41, 5.74) is 0.449. The van der Waals surface area contributed by atoms with Gasteiger partial charge in [-0.1, -0.05) is 6.42 Å². The molecule has 0 atom stereocenters. The zero-order chi connectivity index (χ0) is 19.3. The summed E-state index contributed by atoms with van der Waals surface area (Å²) in [5, 5.41) is 5.04. The van der Waals surface area contributed by atoms with Gasteiger partial charge in [0.2, 0.25) is 15.9 Å². The normalized spacial score (nSPS) is 15.3. The van der Waals surface area contributed by atoms with E-state index in [1.165, 1.54) is 40.9 Å². The van der Waals surface area contributed by atoms with E-state index in [1.807, 2.05) is 0 Å². The Hall–Kier alpha value is -2.65. The topological polar surface area (TPSA) is 109 Å². The van der Waals surface area contributed by atoms with E-state index in [9.17, 15) is 18.0 Å². The number of amides is 2. The van der Waals surface area contributed by atoms with E-state index in [2.05, 4.69) is 10.6 Å². The van der Waals surface area contributed by atoms with Crippen LogP contribution in [0.15, 0.2) is 52.0 Å². The van der Waals surface area contributed by atoms with E-state index < -0.39 is 21.8 Å². The van der Waals surface area contributed by atoms with Gasteiger partial charge >= 0.3 is 0 Å². The minimum absolute atomic E-state index is 0.120. The summed E-state index contributed by atoms with van der Waals surface area (Å²) in [5.74, 6) is -0.797. The van der Waals surface area contributed by atoms with Crippen LogP contribution in [0.1, 0.15) is 29.8 Å². The first kappa shape index (κ1) is 19.1. The Morgan fingerprint density at radius 2 is 1.74 bits per heavy atom. The standard InChI is InChI=1S/C18H21N3O5S/c22-17(13-19-18(23)16-5-4-12-26-16)20-14-6-8-15(9-7-14)27(24,25)21-10-2-1-3-11-21/h4-9,12H,1-3,10-11,13H2,(H,19,23)(H,20,22). The van der Waals surface area contributed by atoms with Crippen molar-refractivity contribution in [1.29, 1.82) is 0 Å². The van der Waals surface area contributed by atoms with Crippen molar-refractivity contribution in [3.63, 3.8) is 0 Å². The fraction of sp³-hybridized carbons (Fsp3) is 0.333. The highest BCUT2D eigenvalue weighted by atomic mass is 32.2. The number of hydrogen-bond acceptors (Lipinski definition) is 5. The second-order valence-electron chi connectivity index (χ2n) is 6.20. The maximum Gasteiger partial charge on any atom is 0.287 e. The van der Waals surface area contributed by atoms with Gasteiger partial charge in [0.05, 0.1) is 17.7 Å². The second-order valence-corrected chi connectivity index (χ2v) is 8.14. The highest BCUT2D eigenvalue weighted by Gasteiger charge is 2.25. The van der Waals surface area contributed by atoms with Crippen LogP contribution in [0.3, 0.4) is 0 Å². The molecule has 2 amide bonds. The number of furan rings is 1. The molecule has 144 valence electrons. The molecule has 1 saturated heterocycles. The van der Waals surface area contributed by atoms with E-state index in [0.29, 0.717) is 18.8 Å². The predicted molar refractivity (Wildman–Crippen MR) is 98.7 cm³/mol. The molecule has 8 nitrogen and oxygen atoms in total. The minimum Gasteiger partial charge on any atom is -0.459 e. The molecule has 2 aromatic rings. The van der Waals surface area contributed by atoms with Gasteiger partial charge in [0.25, 0.3) is 5.91 Å². The smallest absolute Gasteiger partial charge is 0.287 e.